The molecular formula is C21H21BrN2O4S. The second-order valence-corrected chi connectivity index (χ2v) is 7.99. The highest BCUT2D eigenvalue weighted by molar-refractivity contribution is 9.10. The summed E-state index contributed by atoms with van der Waals surface area (Å²) in [4.78, 5) is 19.7. The summed E-state index contributed by atoms with van der Waals surface area (Å²) in [6, 6.07) is 12.9. The van der Waals surface area contributed by atoms with Gasteiger partial charge >= 0.3 is 0 Å². The van der Waals surface area contributed by atoms with Gasteiger partial charge in [0, 0.05) is 17.1 Å². The number of thioether (sulfide) groups is 1. The average Bonchev–Trinajstić information content (AvgIpc) is 2.99. The Morgan fingerprint density at radius 2 is 2.03 bits per heavy atom. The molecule has 152 valence electrons. The fourth-order valence-corrected chi connectivity index (χ4v) is 4.17. The quantitative estimate of drug-likeness (QED) is 0.580. The lowest BCUT2D eigenvalue weighted by atomic mass is 10.1. The lowest BCUT2D eigenvalue weighted by molar-refractivity contribution is -0.122. The Morgan fingerprint density at radius 3 is 2.72 bits per heavy atom. The number of amides is 1. The molecule has 2 aromatic carbocycles. The van der Waals surface area contributed by atoms with E-state index in [4.69, 9.17) is 9.47 Å². The number of hydrogen-bond acceptors (Lipinski definition) is 6. The molecule has 29 heavy (non-hydrogen) atoms. The summed E-state index contributed by atoms with van der Waals surface area (Å²) >= 11 is 4.69. The monoisotopic (exact) mass is 476 g/mol. The molecule has 1 fully saturated rings. The van der Waals surface area contributed by atoms with E-state index in [2.05, 4.69) is 20.9 Å². The van der Waals surface area contributed by atoms with Gasteiger partial charge in [0.15, 0.2) is 16.7 Å². The van der Waals surface area contributed by atoms with Gasteiger partial charge in [-0.05, 0) is 49.0 Å². The molecule has 1 saturated heterocycles. The number of ether oxygens (including phenoxy) is 2. The van der Waals surface area contributed by atoms with Crippen molar-refractivity contribution in [3.05, 3.63) is 57.4 Å². The molecular weight excluding hydrogens is 456 g/mol. The van der Waals surface area contributed by atoms with Crippen molar-refractivity contribution in [3.63, 3.8) is 0 Å². The number of amidine groups is 1. The van der Waals surface area contributed by atoms with Crippen molar-refractivity contribution < 1.29 is 19.4 Å². The van der Waals surface area contributed by atoms with E-state index < -0.39 is 0 Å². The number of rotatable bonds is 7. The van der Waals surface area contributed by atoms with Gasteiger partial charge in [-0.15, -0.1) is 0 Å². The Bertz CT molecular complexity index is 947. The Balaban J connectivity index is 1.98. The summed E-state index contributed by atoms with van der Waals surface area (Å²) in [5, 5.41) is 11.1. The topological polar surface area (TPSA) is 71.4 Å². The van der Waals surface area contributed by atoms with E-state index in [1.165, 1.54) is 11.8 Å². The summed E-state index contributed by atoms with van der Waals surface area (Å²) in [6.45, 7) is 3.05. The number of aromatic hydroxyl groups is 1. The maximum atomic E-state index is 13.0. The third kappa shape index (κ3) is 5.20. The van der Waals surface area contributed by atoms with Crippen LogP contribution in [0.25, 0.3) is 6.08 Å². The molecule has 0 atom stereocenters. The molecule has 0 spiro atoms. The Morgan fingerprint density at radius 1 is 1.28 bits per heavy atom. The molecule has 0 aliphatic carbocycles. The molecule has 0 saturated carbocycles. The van der Waals surface area contributed by atoms with E-state index in [0.717, 1.165) is 10.2 Å². The number of methoxy groups -OCH3 is 1. The molecule has 1 amide bonds. The number of para-hydroxylation sites is 1. The number of nitrogens with zero attached hydrogens (tertiary/aromatic N) is 2. The zero-order chi connectivity index (χ0) is 20.8. The lowest BCUT2D eigenvalue weighted by Gasteiger charge is -2.14. The fraction of sp³-hybridized carbons (Fsp3) is 0.238. The number of aliphatic imine (C=N–C) groups is 1. The third-order valence-corrected chi connectivity index (χ3v) is 5.51. The highest BCUT2D eigenvalue weighted by Crippen LogP contribution is 2.39. The van der Waals surface area contributed by atoms with Crippen LogP contribution in [0.5, 0.6) is 11.5 Å². The zero-order valence-corrected chi connectivity index (χ0v) is 18.5. The van der Waals surface area contributed by atoms with Gasteiger partial charge < -0.3 is 14.6 Å². The Labute approximate surface area is 182 Å². The van der Waals surface area contributed by atoms with Gasteiger partial charge in [0.05, 0.1) is 30.4 Å². The van der Waals surface area contributed by atoms with E-state index >= 15 is 0 Å². The first-order chi connectivity index (χ1) is 14.0. The van der Waals surface area contributed by atoms with Gasteiger partial charge in [-0.25, -0.2) is 4.99 Å². The van der Waals surface area contributed by atoms with Crippen molar-refractivity contribution in [2.24, 2.45) is 4.99 Å². The van der Waals surface area contributed by atoms with Crippen molar-refractivity contribution in [2.45, 2.75) is 6.92 Å². The van der Waals surface area contributed by atoms with E-state index in [1.54, 1.807) is 30.2 Å². The maximum Gasteiger partial charge on any atom is 0.266 e. The standard InChI is InChI=1S/C21H21BrN2O4S/c1-3-28-17-13-15(22)11-14(19(17)25)12-18-20(26)24(9-10-27-2)21(29-18)23-16-7-5-4-6-8-16/h4-8,11-13,25H,3,9-10H2,1-2H3. The minimum absolute atomic E-state index is 0.00663. The fourth-order valence-electron chi connectivity index (χ4n) is 2.70. The summed E-state index contributed by atoms with van der Waals surface area (Å²) in [5.74, 6) is 0.172. The van der Waals surface area contributed by atoms with Crippen molar-refractivity contribution in [1.29, 1.82) is 0 Å². The van der Waals surface area contributed by atoms with Crippen LogP contribution in [0.4, 0.5) is 5.69 Å². The first-order valence-electron chi connectivity index (χ1n) is 9.03. The molecule has 6 nitrogen and oxygen atoms in total. The van der Waals surface area contributed by atoms with Crippen molar-refractivity contribution in [2.75, 3.05) is 26.9 Å². The summed E-state index contributed by atoms with van der Waals surface area (Å²) < 4.78 is 11.4. The van der Waals surface area contributed by atoms with Gasteiger partial charge in [0.2, 0.25) is 0 Å². The minimum atomic E-state index is -0.181. The molecule has 2 aromatic rings. The van der Waals surface area contributed by atoms with Crippen molar-refractivity contribution in [1.82, 2.24) is 4.90 Å². The number of hydrogen-bond donors (Lipinski definition) is 1. The van der Waals surface area contributed by atoms with Crippen molar-refractivity contribution >= 4 is 50.5 Å². The number of phenolic OH excluding ortho intramolecular Hbond substituents is 1. The van der Waals surface area contributed by atoms with Crippen LogP contribution in [0, 0.1) is 0 Å². The SMILES string of the molecule is CCOc1cc(Br)cc(C=C2SC(=Nc3ccccc3)N(CCOC)C2=O)c1O. The summed E-state index contributed by atoms with van der Waals surface area (Å²) in [7, 11) is 1.59. The number of carbonyl (C=O) groups is 1. The maximum absolute atomic E-state index is 13.0. The van der Waals surface area contributed by atoms with Crippen LogP contribution in [0.1, 0.15) is 12.5 Å². The highest BCUT2D eigenvalue weighted by atomic mass is 79.9. The molecule has 8 heteroatoms. The van der Waals surface area contributed by atoms with E-state index in [0.29, 0.717) is 41.1 Å². The summed E-state index contributed by atoms with van der Waals surface area (Å²) in [6.07, 6.45) is 1.66. The number of phenols is 1. The van der Waals surface area contributed by atoms with Crippen LogP contribution in [0.15, 0.2) is 56.8 Å². The first kappa shape index (κ1) is 21.4. The predicted octanol–water partition coefficient (Wildman–Crippen LogP) is 4.80. The van der Waals surface area contributed by atoms with E-state index in [1.807, 2.05) is 37.3 Å². The van der Waals surface area contributed by atoms with Crippen LogP contribution < -0.4 is 4.74 Å². The molecule has 0 bridgehead atoms. The van der Waals surface area contributed by atoms with E-state index in [9.17, 15) is 9.90 Å². The first-order valence-corrected chi connectivity index (χ1v) is 10.6. The third-order valence-electron chi connectivity index (χ3n) is 4.04. The lowest BCUT2D eigenvalue weighted by Crippen LogP contribution is -2.32. The van der Waals surface area contributed by atoms with Crippen LogP contribution in [-0.2, 0) is 9.53 Å². The van der Waals surface area contributed by atoms with Crippen LogP contribution in [0.2, 0.25) is 0 Å². The molecule has 0 unspecified atom stereocenters. The van der Waals surface area contributed by atoms with Crippen LogP contribution >= 0.6 is 27.7 Å². The average molecular weight is 477 g/mol. The number of benzene rings is 2. The normalized spacial score (nSPS) is 16.8. The van der Waals surface area contributed by atoms with Gasteiger partial charge in [-0.2, -0.15) is 0 Å². The zero-order valence-electron chi connectivity index (χ0n) is 16.1. The van der Waals surface area contributed by atoms with Crippen molar-refractivity contribution in [3.8, 4) is 11.5 Å². The van der Waals surface area contributed by atoms with Gasteiger partial charge in [0.25, 0.3) is 5.91 Å². The Kier molecular flexibility index (Phi) is 7.35. The van der Waals surface area contributed by atoms with Crippen LogP contribution in [0.3, 0.4) is 0 Å². The second kappa shape index (κ2) is 9.96. The smallest absolute Gasteiger partial charge is 0.266 e. The second-order valence-electron chi connectivity index (χ2n) is 6.06. The molecule has 1 heterocycles. The van der Waals surface area contributed by atoms with Gasteiger partial charge in [-0.1, -0.05) is 34.1 Å². The Hall–Kier alpha value is -2.29. The van der Waals surface area contributed by atoms with Crippen LogP contribution in [-0.4, -0.2) is 47.9 Å². The molecule has 1 aliphatic rings. The molecule has 0 aromatic heterocycles. The molecule has 1 aliphatic heterocycles. The highest BCUT2D eigenvalue weighted by Gasteiger charge is 2.33. The van der Waals surface area contributed by atoms with Gasteiger partial charge in [0.1, 0.15) is 0 Å². The minimum Gasteiger partial charge on any atom is -0.504 e. The molecule has 1 N–H and O–H groups in total. The molecule has 0 radical (unpaired) electrons. The largest absolute Gasteiger partial charge is 0.504 e. The number of carbonyl (C=O) groups excluding carboxylic acids is 1. The number of halogens is 1. The van der Waals surface area contributed by atoms with E-state index in [-0.39, 0.29) is 11.7 Å². The summed E-state index contributed by atoms with van der Waals surface area (Å²) in [5.41, 5.74) is 1.25. The predicted molar refractivity (Wildman–Crippen MR) is 120 cm³/mol. The van der Waals surface area contributed by atoms with Gasteiger partial charge in [-0.3, -0.25) is 9.69 Å². The molecule has 3 rings (SSSR count).